The maximum Gasteiger partial charge on any atom is 0.222 e. The lowest BCUT2D eigenvalue weighted by molar-refractivity contribution is -0.130. The number of benzene rings is 2. The molecule has 0 saturated carbocycles. The standard InChI is InChI=1S/C21H21BrN2O2/c1-24(15-16-10-12-18(22)13-11-16)21(25)9-5-8-20-23-14-19(26-20)17-6-3-2-4-7-17/h2-4,6-7,10-14H,5,8-9,15H2,1H3. The van der Waals surface area contributed by atoms with E-state index in [4.69, 9.17) is 4.42 Å². The molecule has 0 radical (unpaired) electrons. The molecule has 0 aliphatic carbocycles. The molecule has 0 bridgehead atoms. The number of halogens is 1. The van der Waals surface area contributed by atoms with Gasteiger partial charge in [-0.05, 0) is 24.1 Å². The van der Waals surface area contributed by atoms with E-state index in [1.807, 2.05) is 61.6 Å². The van der Waals surface area contributed by atoms with Crippen LogP contribution in [0.3, 0.4) is 0 Å². The summed E-state index contributed by atoms with van der Waals surface area (Å²) in [5, 5.41) is 0. The number of nitrogens with zero attached hydrogens (tertiary/aromatic N) is 2. The van der Waals surface area contributed by atoms with Crippen molar-refractivity contribution in [2.75, 3.05) is 7.05 Å². The number of carbonyl (C=O) groups is 1. The summed E-state index contributed by atoms with van der Waals surface area (Å²) in [4.78, 5) is 18.4. The number of oxazole rings is 1. The van der Waals surface area contributed by atoms with Gasteiger partial charge in [0.1, 0.15) is 0 Å². The van der Waals surface area contributed by atoms with E-state index in [1.165, 1.54) is 0 Å². The maximum absolute atomic E-state index is 12.3. The molecule has 3 aromatic rings. The van der Waals surface area contributed by atoms with Crippen LogP contribution >= 0.6 is 15.9 Å². The fourth-order valence-corrected chi connectivity index (χ4v) is 2.96. The third kappa shape index (κ3) is 5.05. The first-order chi connectivity index (χ1) is 12.6. The average Bonchev–Trinajstić information content (AvgIpc) is 3.13. The van der Waals surface area contributed by atoms with Crippen molar-refractivity contribution >= 4 is 21.8 Å². The fourth-order valence-electron chi connectivity index (χ4n) is 2.70. The average molecular weight is 413 g/mol. The number of aryl methyl sites for hydroxylation is 1. The van der Waals surface area contributed by atoms with Gasteiger partial charge in [0.15, 0.2) is 11.7 Å². The van der Waals surface area contributed by atoms with E-state index in [-0.39, 0.29) is 5.91 Å². The highest BCUT2D eigenvalue weighted by molar-refractivity contribution is 9.10. The molecule has 0 N–H and O–H groups in total. The Bertz CT molecular complexity index is 844. The molecule has 3 rings (SSSR count). The van der Waals surface area contributed by atoms with Crippen molar-refractivity contribution in [3.63, 3.8) is 0 Å². The Balaban J connectivity index is 1.46. The maximum atomic E-state index is 12.3. The summed E-state index contributed by atoms with van der Waals surface area (Å²) < 4.78 is 6.82. The quantitative estimate of drug-likeness (QED) is 0.542. The molecule has 0 aliphatic rings. The number of carbonyl (C=O) groups excluding carboxylic acids is 1. The highest BCUT2D eigenvalue weighted by atomic mass is 79.9. The van der Waals surface area contributed by atoms with E-state index in [1.54, 1.807) is 11.1 Å². The molecule has 1 aromatic heterocycles. The van der Waals surface area contributed by atoms with Crippen molar-refractivity contribution < 1.29 is 9.21 Å². The summed E-state index contributed by atoms with van der Waals surface area (Å²) in [6.45, 7) is 0.614. The molecule has 1 heterocycles. The second-order valence-electron chi connectivity index (χ2n) is 6.21. The van der Waals surface area contributed by atoms with Crippen LogP contribution < -0.4 is 0 Å². The smallest absolute Gasteiger partial charge is 0.222 e. The van der Waals surface area contributed by atoms with Crippen LogP contribution in [0.1, 0.15) is 24.3 Å². The van der Waals surface area contributed by atoms with Gasteiger partial charge in [-0.15, -0.1) is 0 Å². The van der Waals surface area contributed by atoms with Gasteiger partial charge in [0.25, 0.3) is 0 Å². The fraction of sp³-hybridized carbons (Fsp3) is 0.238. The van der Waals surface area contributed by atoms with E-state index < -0.39 is 0 Å². The van der Waals surface area contributed by atoms with Gasteiger partial charge in [-0.1, -0.05) is 58.4 Å². The van der Waals surface area contributed by atoms with E-state index in [9.17, 15) is 4.79 Å². The van der Waals surface area contributed by atoms with Crippen LogP contribution in [0.2, 0.25) is 0 Å². The van der Waals surface area contributed by atoms with E-state index in [0.717, 1.165) is 27.8 Å². The molecular weight excluding hydrogens is 392 g/mol. The molecule has 0 fully saturated rings. The SMILES string of the molecule is CN(Cc1ccc(Br)cc1)C(=O)CCCc1ncc(-c2ccccc2)o1. The molecule has 1 amide bonds. The molecular formula is C21H21BrN2O2. The van der Waals surface area contributed by atoms with E-state index >= 15 is 0 Å². The first-order valence-corrected chi connectivity index (χ1v) is 9.39. The van der Waals surface area contributed by atoms with Crippen molar-refractivity contribution in [2.45, 2.75) is 25.8 Å². The Morgan fingerprint density at radius 3 is 2.58 bits per heavy atom. The molecule has 26 heavy (non-hydrogen) atoms. The highest BCUT2D eigenvalue weighted by Crippen LogP contribution is 2.20. The minimum Gasteiger partial charge on any atom is -0.441 e. The van der Waals surface area contributed by atoms with Crippen LogP contribution in [-0.4, -0.2) is 22.8 Å². The summed E-state index contributed by atoms with van der Waals surface area (Å²) >= 11 is 3.42. The van der Waals surface area contributed by atoms with E-state index in [2.05, 4.69) is 20.9 Å². The predicted octanol–water partition coefficient (Wildman–Crippen LogP) is 5.09. The number of hydrogen-bond acceptors (Lipinski definition) is 3. The van der Waals surface area contributed by atoms with Gasteiger partial charge in [0, 0.05) is 36.5 Å². The minimum absolute atomic E-state index is 0.128. The Morgan fingerprint density at radius 1 is 1.12 bits per heavy atom. The van der Waals surface area contributed by atoms with Gasteiger partial charge >= 0.3 is 0 Å². The number of amides is 1. The van der Waals surface area contributed by atoms with Crippen LogP contribution in [0, 0.1) is 0 Å². The summed E-state index contributed by atoms with van der Waals surface area (Å²) in [5.74, 6) is 1.56. The molecule has 0 spiro atoms. The second-order valence-corrected chi connectivity index (χ2v) is 7.13. The highest BCUT2D eigenvalue weighted by Gasteiger charge is 2.11. The Hall–Kier alpha value is -2.40. The molecule has 0 saturated heterocycles. The van der Waals surface area contributed by atoms with Crippen molar-refractivity contribution in [2.24, 2.45) is 0 Å². The Labute approximate surface area is 162 Å². The number of rotatable bonds is 7. The lowest BCUT2D eigenvalue weighted by Gasteiger charge is -2.17. The van der Waals surface area contributed by atoms with Crippen molar-refractivity contribution in [3.05, 3.63) is 76.7 Å². The molecule has 0 unspecified atom stereocenters. The lowest BCUT2D eigenvalue weighted by Crippen LogP contribution is -2.25. The Morgan fingerprint density at radius 2 is 1.85 bits per heavy atom. The van der Waals surface area contributed by atoms with Crippen LogP contribution in [0.4, 0.5) is 0 Å². The molecule has 134 valence electrons. The summed E-state index contributed by atoms with van der Waals surface area (Å²) in [6, 6.07) is 17.9. The third-order valence-electron chi connectivity index (χ3n) is 4.15. The predicted molar refractivity (Wildman–Crippen MR) is 105 cm³/mol. The molecule has 5 heteroatoms. The van der Waals surface area contributed by atoms with Gasteiger partial charge < -0.3 is 9.32 Å². The van der Waals surface area contributed by atoms with Crippen LogP contribution in [0.25, 0.3) is 11.3 Å². The van der Waals surface area contributed by atoms with Gasteiger partial charge in [-0.3, -0.25) is 4.79 Å². The lowest BCUT2D eigenvalue weighted by atomic mass is 10.2. The third-order valence-corrected chi connectivity index (χ3v) is 4.68. The molecule has 0 aliphatic heterocycles. The molecule has 2 aromatic carbocycles. The zero-order valence-electron chi connectivity index (χ0n) is 14.7. The van der Waals surface area contributed by atoms with Crippen LogP contribution in [-0.2, 0) is 17.8 Å². The topological polar surface area (TPSA) is 46.3 Å². The second kappa shape index (κ2) is 8.81. The zero-order chi connectivity index (χ0) is 18.4. The minimum atomic E-state index is 0.128. The largest absolute Gasteiger partial charge is 0.441 e. The van der Waals surface area contributed by atoms with Gasteiger partial charge in [0.05, 0.1) is 6.20 Å². The monoisotopic (exact) mass is 412 g/mol. The summed E-state index contributed by atoms with van der Waals surface area (Å²) in [5.41, 5.74) is 2.13. The number of hydrogen-bond donors (Lipinski definition) is 0. The molecule has 0 atom stereocenters. The van der Waals surface area contributed by atoms with Crippen molar-refractivity contribution in [1.82, 2.24) is 9.88 Å². The first-order valence-electron chi connectivity index (χ1n) is 8.60. The normalized spacial score (nSPS) is 10.7. The number of aromatic nitrogens is 1. The van der Waals surface area contributed by atoms with Crippen LogP contribution in [0.15, 0.2) is 69.7 Å². The van der Waals surface area contributed by atoms with Gasteiger partial charge in [0.2, 0.25) is 5.91 Å². The zero-order valence-corrected chi connectivity index (χ0v) is 16.3. The van der Waals surface area contributed by atoms with Crippen LogP contribution in [0.5, 0.6) is 0 Å². The molecule has 4 nitrogen and oxygen atoms in total. The van der Waals surface area contributed by atoms with Gasteiger partial charge in [-0.2, -0.15) is 0 Å². The van der Waals surface area contributed by atoms with Crippen molar-refractivity contribution in [1.29, 1.82) is 0 Å². The summed E-state index contributed by atoms with van der Waals surface area (Å²) in [6.07, 6.45) is 3.60. The van der Waals surface area contributed by atoms with Gasteiger partial charge in [-0.25, -0.2) is 4.98 Å². The van der Waals surface area contributed by atoms with Crippen molar-refractivity contribution in [3.8, 4) is 11.3 Å². The van der Waals surface area contributed by atoms with E-state index in [0.29, 0.717) is 25.3 Å². The summed E-state index contributed by atoms with van der Waals surface area (Å²) in [7, 11) is 1.84. The first kappa shape index (κ1) is 18.4. The Kier molecular flexibility index (Phi) is 6.23.